The summed E-state index contributed by atoms with van der Waals surface area (Å²) in [5.41, 5.74) is 3.36. The molecule has 0 heterocycles. The number of carbonyl (C=O) groups excluding carboxylic acids is 1. The van der Waals surface area contributed by atoms with E-state index in [9.17, 15) is 9.90 Å². The molecule has 25 heavy (non-hydrogen) atoms. The molecule has 0 radical (unpaired) electrons. The van der Waals surface area contributed by atoms with E-state index in [-0.39, 0.29) is 12.4 Å². The number of benzene rings is 3. The van der Waals surface area contributed by atoms with E-state index in [1.807, 2.05) is 42.5 Å². The Morgan fingerprint density at radius 3 is 2.32 bits per heavy atom. The van der Waals surface area contributed by atoms with E-state index in [1.165, 1.54) is 0 Å². The van der Waals surface area contributed by atoms with Crippen LogP contribution in [-0.2, 0) is 11.3 Å². The van der Waals surface area contributed by atoms with Crippen molar-refractivity contribution in [2.75, 3.05) is 5.32 Å². The van der Waals surface area contributed by atoms with Crippen molar-refractivity contribution in [2.45, 2.75) is 6.61 Å². The van der Waals surface area contributed by atoms with Gasteiger partial charge in [0.1, 0.15) is 12.4 Å². The Morgan fingerprint density at radius 2 is 1.64 bits per heavy atom. The van der Waals surface area contributed by atoms with Gasteiger partial charge in [-0.3, -0.25) is 5.32 Å². The van der Waals surface area contributed by atoms with Crippen molar-refractivity contribution in [1.82, 2.24) is 0 Å². The maximum Gasteiger partial charge on any atom is 0.411 e. The number of hydrogen-bond donors (Lipinski definition) is 2. The molecule has 3 aromatic carbocycles. The average molecular weight is 354 g/mol. The van der Waals surface area contributed by atoms with Gasteiger partial charge in [0.2, 0.25) is 0 Å². The van der Waals surface area contributed by atoms with Crippen LogP contribution in [0.15, 0.2) is 72.8 Å². The average Bonchev–Trinajstić information content (AvgIpc) is 2.64. The highest BCUT2D eigenvalue weighted by Gasteiger charge is 2.06. The molecule has 0 aliphatic rings. The lowest BCUT2D eigenvalue weighted by atomic mass is 10.1. The van der Waals surface area contributed by atoms with Crippen molar-refractivity contribution in [3.63, 3.8) is 0 Å². The van der Waals surface area contributed by atoms with Crippen LogP contribution < -0.4 is 5.32 Å². The van der Waals surface area contributed by atoms with Gasteiger partial charge in [0.05, 0.1) is 5.02 Å². The largest absolute Gasteiger partial charge is 0.506 e. The molecule has 0 aliphatic heterocycles. The summed E-state index contributed by atoms with van der Waals surface area (Å²) in [6.07, 6.45) is -0.510. The molecule has 126 valence electrons. The summed E-state index contributed by atoms with van der Waals surface area (Å²) in [6, 6.07) is 21.8. The number of rotatable bonds is 4. The molecule has 5 heteroatoms. The van der Waals surface area contributed by atoms with Crippen LogP contribution in [0.5, 0.6) is 5.75 Å². The summed E-state index contributed by atoms with van der Waals surface area (Å²) in [4.78, 5) is 11.8. The summed E-state index contributed by atoms with van der Waals surface area (Å²) in [7, 11) is 0. The predicted molar refractivity (Wildman–Crippen MR) is 98.8 cm³/mol. The Kier molecular flexibility index (Phi) is 5.21. The number of carbonyl (C=O) groups is 1. The summed E-state index contributed by atoms with van der Waals surface area (Å²) in [5, 5.41) is 12.5. The lowest BCUT2D eigenvalue weighted by Gasteiger charge is -2.08. The molecule has 0 atom stereocenters. The summed E-state index contributed by atoms with van der Waals surface area (Å²) < 4.78 is 5.18. The van der Waals surface area contributed by atoms with Crippen LogP contribution in [0.1, 0.15) is 5.56 Å². The van der Waals surface area contributed by atoms with Crippen LogP contribution in [0, 0.1) is 0 Å². The molecular formula is C20H16ClNO3. The Bertz CT molecular complexity index is 864. The first-order chi connectivity index (χ1) is 12.1. The standard InChI is InChI=1S/C20H16ClNO3/c21-18-12-16(8-11-19(18)23)15-6-9-17(10-7-15)22-20(24)25-13-14-4-2-1-3-5-14/h1-12,23H,13H2,(H,22,24). The molecular weight excluding hydrogens is 338 g/mol. The highest BCUT2D eigenvalue weighted by atomic mass is 35.5. The summed E-state index contributed by atoms with van der Waals surface area (Å²) >= 11 is 5.93. The Labute approximate surface area is 150 Å². The molecule has 3 aromatic rings. The van der Waals surface area contributed by atoms with Crippen molar-refractivity contribution in [2.24, 2.45) is 0 Å². The van der Waals surface area contributed by atoms with E-state index in [0.717, 1.165) is 16.7 Å². The molecule has 2 N–H and O–H groups in total. The number of nitrogens with one attached hydrogen (secondary N) is 1. The zero-order chi connectivity index (χ0) is 17.6. The molecule has 0 saturated heterocycles. The van der Waals surface area contributed by atoms with Crippen LogP contribution in [0.2, 0.25) is 5.02 Å². The molecule has 0 saturated carbocycles. The highest BCUT2D eigenvalue weighted by Crippen LogP contribution is 2.29. The second-order valence-corrected chi connectivity index (χ2v) is 5.84. The lowest BCUT2D eigenvalue weighted by molar-refractivity contribution is 0.155. The number of ether oxygens (including phenoxy) is 1. The van der Waals surface area contributed by atoms with Crippen molar-refractivity contribution in [1.29, 1.82) is 0 Å². The minimum atomic E-state index is -0.510. The van der Waals surface area contributed by atoms with Crippen molar-refractivity contribution in [3.05, 3.63) is 83.4 Å². The highest BCUT2D eigenvalue weighted by molar-refractivity contribution is 6.32. The first-order valence-electron chi connectivity index (χ1n) is 7.68. The van der Waals surface area contributed by atoms with Gasteiger partial charge in [0.25, 0.3) is 0 Å². The molecule has 0 bridgehead atoms. The number of aromatic hydroxyl groups is 1. The first kappa shape index (κ1) is 16.9. The first-order valence-corrected chi connectivity index (χ1v) is 8.06. The van der Waals surface area contributed by atoms with Gasteiger partial charge in [-0.15, -0.1) is 0 Å². The van der Waals surface area contributed by atoms with E-state index in [0.29, 0.717) is 10.7 Å². The van der Waals surface area contributed by atoms with Gasteiger partial charge in [-0.05, 0) is 41.0 Å². The number of anilines is 1. The third-order valence-electron chi connectivity index (χ3n) is 3.63. The van der Waals surface area contributed by atoms with E-state index in [1.54, 1.807) is 30.3 Å². The van der Waals surface area contributed by atoms with E-state index >= 15 is 0 Å². The molecule has 3 rings (SSSR count). The molecule has 0 spiro atoms. The fourth-order valence-corrected chi connectivity index (χ4v) is 2.49. The fraction of sp³-hybridized carbons (Fsp3) is 0.0500. The van der Waals surface area contributed by atoms with Crippen LogP contribution in [-0.4, -0.2) is 11.2 Å². The van der Waals surface area contributed by atoms with Crippen molar-refractivity contribution < 1.29 is 14.6 Å². The second-order valence-electron chi connectivity index (χ2n) is 5.43. The van der Waals surface area contributed by atoms with Crippen molar-refractivity contribution in [3.8, 4) is 16.9 Å². The Hall–Kier alpha value is -2.98. The minimum absolute atomic E-state index is 0.0462. The van der Waals surface area contributed by atoms with Crippen LogP contribution in [0.3, 0.4) is 0 Å². The maximum absolute atomic E-state index is 11.8. The van der Waals surface area contributed by atoms with Gasteiger partial charge in [-0.25, -0.2) is 4.79 Å². The van der Waals surface area contributed by atoms with Gasteiger partial charge in [-0.1, -0.05) is 60.1 Å². The molecule has 0 fully saturated rings. The SMILES string of the molecule is O=C(Nc1ccc(-c2ccc(O)c(Cl)c2)cc1)OCc1ccccc1. The Balaban J connectivity index is 1.60. The normalized spacial score (nSPS) is 10.3. The minimum Gasteiger partial charge on any atom is -0.506 e. The number of hydrogen-bond acceptors (Lipinski definition) is 3. The van der Waals surface area contributed by atoms with Crippen LogP contribution in [0.4, 0.5) is 10.5 Å². The quantitative estimate of drug-likeness (QED) is 0.654. The maximum atomic E-state index is 11.8. The third kappa shape index (κ3) is 4.52. The molecule has 0 aromatic heterocycles. The van der Waals surface area contributed by atoms with E-state index in [2.05, 4.69) is 5.32 Å². The number of phenolic OH excluding ortho intramolecular Hbond substituents is 1. The van der Waals surface area contributed by atoms with Gasteiger partial charge < -0.3 is 9.84 Å². The topological polar surface area (TPSA) is 58.6 Å². The summed E-state index contributed by atoms with van der Waals surface area (Å²) in [5.74, 6) is 0.0462. The fourth-order valence-electron chi connectivity index (χ4n) is 2.31. The Morgan fingerprint density at radius 1 is 0.960 bits per heavy atom. The zero-order valence-electron chi connectivity index (χ0n) is 13.3. The van der Waals surface area contributed by atoms with Crippen LogP contribution in [0.25, 0.3) is 11.1 Å². The van der Waals surface area contributed by atoms with Gasteiger partial charge in [0.15, 0.2) is 0 Å². The van der Waals surface area contributed by atoms with Crippen molar-refractivity contribution >= 4 is 23.4 Å². The summed E-state index contributed by atoms with van der Waals surface area (Å²) in [6.45, 7) is 0.219. The smallest absolute Gasteiger partial charge is 0.411 e. The lowest BCUT2D eigenvalue weighted by Crippen LogP contribution is -2.13. The van der Waals surface area contributed by atoms with Crippen LogP contribution >= 0.6 is 11.6 Å². The third-order valence-corrected chi connectivity index (χ3v) is 3.93. The number of halogens is 1. The van der Waals surface area contributed by atoms with Gasteiger partial charge in [0, 0.05) is 5.69 Å². The second kappa shape index (κ2) is 7.73. The predicted octanol–water partition coefficient (Wildman–Crippen LogP) is 5.46. The van der Waals surface area contributed by atoms with E-state index < -0.39 is 6.09 Å². The van der Waals surface area contributed by atoms with Gasteiger partial charge >= 0.3 is 6.09 Å². The molecule has 4 nitrogen and oxygen atoms in total. The monoisotopic (exact) mass is 353 g/mol. The number of amides is 1. The van der Waals surface area contributed by atoms with E-state index in [4.69, 9.17) is 16.3 Å². The molecule has 1 amide bonds. The molecule has 0 aliphatic carbocycles. The zero-order valence-corrected chi connectivity index (χ0v) is 14.0. The molecule has 0 unspecified atom stereocenters. The number of phenols is 1. The van der Waals surface area contributed by atoms with Gasteiger partial charge in [-0.2, -0.15) is 0 Å².